The Labute approximate surface area is 144 Å². The zero-order valence-corrected chi connectivity index (χ0v) is 13.7. The van der Waals surface area contributed by atoms with Crippen molar-refractivity contribution >= 4 is 5.91 Å². The molecular formula is C17H19N7O. The molecule has 128 valence electrons. The summed E-state index contributed by atoms with van der Waals surface area (Å²) in [7, 11) is 0. The van der Waals surface area contributed by atoms with E-state index in [4.69, 9.17) is 0 Å². The Morgan fingerprint density at radius 3 is 2.44 bits per heavy atom. The van der Waals surface area contributed by atoms with Crippen molar-refractivity contribution < 1.29 is 4.79 Å². The molecule has 1 aromatic carbocycles. The highest BCUT2D eigenvalue weighted by Gasteiger charge is 2.25. The number of rotatable bonds is 4. The third kappa shape index (κ3) is 3.28. The number of nitrogens with one attached hydrogen (secondary N) is 1. The number of carbonyl (C=O) groups is 1. The van der Waals surface area contributed by atoms with Crippen LogP contribution in [0.3, 0.4) is 0 Å². The minimum absolute atomic E-state index is 0.137. The molecule has 2 aromatic heterocycles. The van der Waals surface area contributed by atoms with E-state index < -0.39 is 0 Å². The van der Waals surface area contributed by atoms with Crippen molar-refractivity contribution in [2.24, 2.45) is 0 Å². The number of aromatic nitrogens is 6. The highest BCUT2D eigenvalue weighted by atomic mass is 16.2. The van der Waals surface area contributed by atoms with Crippen LogP contribution < -0.4 is 5.32 Å². The lowest BCUT2D eigenvalue weighted by Crippen LogP contribution is -2.38. The summed E-state index contributed by atoms with van der Waals surface area (Å²) in [5.74, 6) is -0.137. The van der Waals surface area contributed by atoms with Gasteiger partial charge in [-0.25, -0.2) is 4.68 Å². The van der Waals surface area contributed by atoms with Crippen LogP contribution in [-0.2, 0) is 0 Å². The minimum Gasteiger partial charge on any atom is -0.348 e. The fourth-order valence-corrected chi connectivity index (χ4v) is 3.32. The SMILES string of the molecule is O=C(NC1CCC(n2cnnc2)CC1)c1cnnn1-c1ccccc1. The predicted octanol–water partition coefficient (Wildman–Crippen LogP) is 1.77. The first-order valence-corrected chi connectivity index (χ1v) is 8.42. The third-order valence-corrected chi connectivity index (χ3v) is 4.67. The van der Waals surface area contributed by atoms with E-state index in [0.717, 1.165) is 31.4 Å². The number of hydrogen-bond acceptors (Lipinski definition) is 5. The fourth-order valence-electron chi connectivity index (χ4n) is 3.32. The number of nitrogens with zero attached hydrogens (tertiary/aromatic N) is 6. The summed E-state index contributed by atoms with van der Waals surface area (Å²) in [4.78, 5) is 12.6. The van der Waals surface area contributed by atoms with Crippen molar-refractivity contribution in [3.8, 4) is 5.69 Å². The summed E-state index contributed by atoms with van der Waals surface area (Å²) >= 11 is 0. The van der Waals surface area contributed by atoms with Crippen molar-refractivity contribution in [1.29, 1.82) is 0 Å². The average molecular weight is 337 g/mol. The van der Waals surface area contributed by atoms with Crippen LogP contribution in [0.1, 0.15) is 42.2 Å². The molecule has 0 radical (unpaired) electrons. The van der Waals surface area contributed by atoms with E-state index in [0.29, 0.717) is 11.7 Å². The van der Waals surface area contributed by atoms with Crippen molar-refractivity contribution in [1.82, 2.24) is 35.1 Å². The molecule has 0 atom stereocenters. The molecule has 1 aliphatic carbocycles. The Balaban J connectivity index is 1.40. The maximum atomic E-state index is 12.6. The van der Waals surface area contributed by atoms with Crippen LogP contribution >= 0.6 is 0 Å². The van der Waals surface area contributed by atoms with E-state index in [1.54, 1.807) is 17.3 Å². The molecule has 25 heavy (non-hydrogen) atoms. The van der Waals surface area contributed by atoms with Crippen LogP contribution in [0.2, 0.25) is 0 Å². The summed E-state index contributed by atoms with van der Waals surface area (Å²) in [6.07, 6.45) is 8.88. The van der Waals surface area contributed by atoms with Crippen LogP contribution in [0.15, 0.2) is 49.2 Å². The maximum absolute atomic E-state index is 12.6. The van der Waals surface area contributed by atoms with Gasteiger partial charge in [-0.05, 0) is 37.8 Å². The molecule has 1 saturated carbocycles. The van der Waals surface area contributed by atoms with Crippen molar-refractivity contribution in [3.05, 3.63) is 54.9 Å². The average Bonchev–Trinajstić information content (AvgIpc) is 3.35. The van der Waals surface area contributed by atoms with Crippen molar-refractivity contribution in [2.45, 2.75) is 37.8 Å². The van der Waals surface area contributed by atoms with Crippen LogP contribution in [0.5, 0.6) is 0 Å². The highest BCUT2D eigenvalue weighted by Crippen LogP contribution is 2.28. The number of hydrogen-bond donors (Lipinski definition) is 1. The molecule has 3 aromatic rings. The monoisotopic (exact) mass is 337 g/mol. The van der Waals surface area contributed by atoms with Gasteiger partial charge in [-0.15, -0.1) is 15.3 Å². The van der Waals surface area contributed by atoms with Gasteiger partial charge in [0.2, 0.25) is 0 Å². The van der Waals surface area contributed by atoms with Gasteiger partial charge >= 0.3 is 0 Å². The second-order valence-corrected chi connectivity index (χ2v) is 6.25. The second kappa shape index (κ2) is 6.84. The number of amides is 1. The van der Waals surface area contributed by atoms with E-state index in [-0.39, 0.29) is 11.9 Å². The Morgan fingerprint density at radius 2 is 1.72 bits per heavy atom. The molecule has 0 aliphatic heterocycles. The van der Waals surface area contributed by atoms with Crippen LogP contribution in [-0.4, -0.2) is 41.7 Å². The van der Waals surface area contributed by atoms with E-state index in [1.165, 1.54) is 6.20 Å². The molecule has 1 aliphatic rings. The van der Waals surface area contributed by atoms with Gasteiger partial charge in [0.15, 0.2) is 5.69 Å². The lowest BCUT2D eigenvalue weighted by molar-refractivity contribution is 0.0914. The number of carbonyl (C=O) groups excluding carboxylic acids is 1. The van der Waals surface area contributed by atoms with Crippen molar-refractivity contribution in [2.75, 3.05) is 0 Å². The largest absolute Gasteiger partial charge is 0.348 e. The summed E-state index contributed by atoms with van der Waals surface area (Å²) < 4.78 is 3.62. The first-order valence-electron chi connectivity index (χ1n) is 8.42. The molecule has 8 nitrogen and oxygen atoms in total. The minimum atomic E-state index is -0.137. The fraction of sp³-hybridized carbons (Fsp3) is 0.353. The van der Waals surface area contributed by atoms with E-state index >= 15 is 0 Å². The number of benzene rings is 1. The highest BCUT2D eigenvalue weighted by molar-refractivity contribution is 5.92. The van der Waals surface area contributed by atoms with Gasteiger partial charge < -0.3 is 9.88 Å². The van der Waals surface area contributed by atoms with Gasteiger partial charge in [-0.1, -0.05) is 23.4 Å². The molecule has 1 fully saturated rings. The van der Waals surface area contributed by atoms with Gasteiger partial charge in [0.05, 0.1) is 11.9 Å². The number of para-hydroxylation sites is 1. The Kier molecular flexibility index (Phi) is 4.24. The molecule has 8 heteroatoms. The third-order valence-electron chi connectivity index (χ3n) is 4.67. The normalized spacial score (nSPS) is 20.3. The summed E-state index contributed by atoms with van der Waals surface area (Å²) in [6, 6.07) is 10.1. The first-order chi connectivity index (χ1) is 12.3. The first kappa shape index (κ1) is 15.5. The maximum Gasteiger partial charge on any atom is 0.271 e. The lowest BCUT2D eigenvalue weighted by Gasteiger charge is -2.29. The van der Waals surface area contributed by atoms with Crippen LogP contribution in [0.25, 0.3) is 5.69 Å². The molecule has 4 rings (SSSR count). The topological polar surface area (TPSA) is 90.5 Å². The summed E-state index contributed by atoms with van der Waals surface area (Å²) in [5, 5.41) is 18.8. The molecule has 2 heterocycles. The van der Waals surface area contributed by atoms with Crippen LogP contribution in [0, 0.1) is 0 Å². The lowest BCUT2D eigenvalue weighted by atomic mass is 9.91. The van der Waals surface area contributed by atoms with Crippen LogP contribution in [0.4, 0.5) is 0 Å². The molecule has 0 spiro atoms. The predicted molar refractivity (Wildman–Crippen MR) is 90.1 cm³/mol. The zero-order chi connectivity index (χ0) is 17.1. The molecule has 0 unspecified atom stereocenters. The summed E-state index contributed by atoms with van der Waals surface area (Å²) in [6.45, 7) is 0. The van der Waals surface area contributed by atoms with Gasteiger partial charge in [0.25, 0.3) is 5.91 Å². The van der Waals surface area contributed by atoms with Gasteiger partial charge in [-0.2, -0.15) is 0 Å². The van der Waals surface area contributed by atoms with Crippen molar-refractivity contribution in [3.63, 3.8) is 0 Å². The van der Waals surface area contributed by atoms with E-state index in [1.807, 2.05) is 34.9 Å². The Morgan fingerprint density at radius 1 is 1.00 bits per heavy atom. The quantitative estimate of drug-likeness (QED) is 0.783. The summed E-state index contributed by atoms with van der Waals surface area (Å²) in [5.41, 5.74) is 1.27. The molecule has 0 saturated heterocycles. The van der Waals surface area contributed by atoms with Gasteiger partial charge in [0.1, 0.15) is 12.7 Å². The molecular weight excluding hydrogens is 318 g/mol. The second-order valence-electron chi connectivity index (χ2n) is 6.25. The van der Waals surface area contributed by atoms with Gasteiger partial charge in [-0.3, -0.25) is 4.79 Å². The Hall–Kier alpha value is -3.03. The van der Waals surface area contributed by atoms with E-state index in [2.05, 4.69) is 25.8 Å². The Bertz CT molecular complexity index is 820. The smallest absolute Gasteiger partial charge is 0.271 e. The standard InChI is InChI=1S/C17H19N7O/c25-17(16-10-18-22-24(16)15-4-2-1-3-5-15)21-13-6-8-14(9-7-13)23-11-19-20-12-23/h1-5,10-14H,6-9H2,(H,21,25). The van der Waals surface area contributed by atoms with Gasteiger partial charge in [0, 0.05) is 12.1 Å². The zero-order valence-electron chi connectivity index (χ0n) is 13.7. The van der Waals surface area contributed by atoms with E-state index in [9.17, 15) is 4.79 Å². The molecule has 0 bridgehead atoms. The molecule has 1 amide bonds. The molecule has 1 N–H and O–H groups in total.